The molecule has 0 saturated carbocycles. The highest BCUT2D eigenvalue weighted by Crippen LogP contribution is 2.35. The van der Waals surface area contributed by atoms with E-state index in [1.165, 1.54) is 16.0 Å². The summed E-state index contributed by atoms with van der Waals surface area (Å²) in [6, 6.07) is 10.2. The van der Waals surface area contributed by atoms with Crippen LogP contribution in [0.4, 0.5) is 0 Å². The molecule has 23 heavy (non-hydrogen) atoms. The second-order valence-corrected chi connectivity index (χ2v) is 7.08. The summed E-state index contributed by atoms with van der Waals surface area (Å²) in [6.45, 7) is 6.81. The molecule has 1 aliphatic rings. The predicted octanol–water partition coefficient (Wildman–Crippen LogP) is 4.36. The standard InChI is InChI=1S/C19H23NO2S/c1-4-17-16-10-12-23-18(16)9-11-20(17)19(21)14(3)22-15-7-5-13(2)6-8-15/h5-8,10,12,14,17H,4,9,11H2,1-3H3. The lowest BCUT2D eigenvalue weighted by molar-refractivity contribution is -0.141. The Kier molecular flexibility index (Phi) is 4.71. The van der Waals surface area contributed by atoms with Gasteiger partial charge in [0.15, 0.2) is 6.10 Å². The Bertz CT molecular complexity index is 677. The van der Waals surface area contributed by atoms with Crippen LogP contribution in [0.3, 0.4) is 0 Å². The molecule has 0 spiro atoms. The van der Waals surface area contributed by atoms with Crippen LogP contribution >= 0.6 is 11.3 Å². The molecule has 4 heteroatoms. The largest absolute Gasteiger partial charge is 0.481 e. The van der Waals surface area contributed by atoms with E-state index in [0.717, 1.165) is 25.1 Å². The van der Waals surface area contributed by atoms with Gasteiger partial charge in [-0.3, -0.25) is 4.79 Å². The van der Waals surface area contributed by atoms with Crippen molar-refractivity contribution in [3.8, 4) is 5.75 Å². The van der Waals surface area contributed by atoms with E-state index in [2.05, 4.69) is 18.4 Å². The van der Waals surface area contributed by atoms with Gasteiger partial charge in [-0.15, -0.1) is 11.3 Å². The Balaban J connectivity index is 1.73. The van der Waals surface area contributed by atoms with Crippen LogP contribution in [0.5, 0.6) is 5.75 Å². The normalized spacial score (nSPS) is 18.4. The minimum Gasteiger partial charge on any atom is -0.481 e. The fraction of sp³-hybridized carbons (Fsp3) is 0.421. The van der Waals surface area contributed by atoms with Crippen LogP contribution in [0.1, 0.15) is 42.3 Å². The minimum absolute atomic E-state index is 0.0780. The average molecular weight is 329 g/mol. The molecule has 3 nitrogen and oxygen atoms in total. The first-order valence-electron chi connectivity index (χ1n) is 8.20. The van der Waals surface area contributed by atoms with E-state index in [1.807, 2.05) is 43.0 Å². The molecule has 122 valence electrons. The van der Waals surface area contributed by atoms with E-state index in [-0.39, 0.29) is 11.9 Å². The lowest BCUT2D eigenvalue weighted by Gasteiger charge is -2.36. The summed E-state index contributed by atoms with van der Waals surface area (Å²) in [7, 11) is 0. The van der Waals surface area contributed by atoms with Crippen LogP contribution in [0, 0.1) is 6.92 Å². The Labute approximate surface area is 141 Å². The molecule has 0 N–H and O–H groups in total. The van der Waals surface area contributed by atoms with Crippen molar-refractivity contribution >= 4 is 17.2 Å². The zero-order valence-corrected chi connectivity index (χ0v) is 14.7. The Morgan fingerprint density at radius 2 is 2.09 bits per heavy atom. The highest BCUT2D eigenvalue weighted by Gasteiger charge is 2.33. The maximum absolute atomic E-state index is 12.9. The third-order valence-electron chi connectivity index (χ3n) is 4.45. The van der Waals surface area contributed by atoms with Gasteiger partial charge in [-0.25, -0.2) is 0 Å². The number of fused-ring (bicyclic) bond motifs is 1. The molecule has 3 rings (SSSR count). The molecule has 0 saturated heterocycles. The molecule has 0 aliphatic carbocycles. The average Bonchev–Trinajstić information content (AvgIpc) is 3.04. The van der Waals surface area contributed by atoms with Gasteiger partial charge in [0.05, 0.1) is 6.04 Å². The van der Waals surface area contributed by atoms with E-state index in [0.29, 0.717) is 0 Å². The molecule has 2 unspecified atom stereocenters. The number of ether oxygens (including phenoxy) is 1. The quantitative estimate of drug-likeness (QED) is 0.834. The summed E-state index contributed by atoms with van der Waals surface area (Å²) in [6.07, 6.45) is 1.42. The van der Waals surface area contributed by atoms with Crippen LogP contribution in [0.25, 0.3) is 0 Å². The van der Waals surface area contributed by atoms with E-state index in [1.54, 1.807) is 11.3 Å². The Morgan fingerprint density at radius 3 is 2.78 bits per heavy atom. The molecule has 1 aliphatic heterocycles. The summed E-state index contributed by atoms with van der Waals surface area (Å²) in [4.78, 5) is 16.3. The monoisotopic (exact) mass is 329 g/mol. The van der Waals surface area contributed by atoms with Crippen LogP contribution < -0.4 is 4.74 Å². The first-order valence-corrected chi connectivity index (χ1v) is 9.08. The number of rotatable bonds is 4. The van der Waals surface area contributed by atoms with Gasteiger partial charge in [-0.05, 0) is 55.8 Å². The number of aryl methyl sites for hydroxylation is 1. The maximum Gasteiger partial charge on any atom is 0.263 e. The van der Waals surface area contributed by atoms with Crippen LogP contribution in [-0.4, -0.2) is 23.5 Å². The molecule has 1 aromatic heterocycles. The van der Waals surface area contributed by atoms with Gasteiger partial charge in [-0.1, -0.05) is 24.6 Å². The predicted molar refractivity (Wildman–Crippen MR) is 94.0 cm³/mol. The Morgan fingerprint density at radius 1 is 1.35 bits per heavy atom. The van der Waals surface area contributed by atoms with Crippen LogP contribution in [-0.2, 0) is 11.2 Å². The van der Waals surface area contributed by atoms with E-state index in [9.17, 15) is 4.79 Å². The van der Waals surface area contributed by atoms with Gasteiger partial charge in [0.1, 0.15) is 5.75 Å². The number of thiophene rings is 1. The number of hydrogen-bond acceptors (Lipinski definition) is 3. The third kappa shape index (κ3) is 3.27. The van der Waals surface area contributed by atoms with Crippen molar-refractivity contribution in [2.75, 3.05) is 6.54 Å². The fourth-order valence-electron chi connectivity index (χ4n) is 3.21. The highest BCUT2D eigenvalue weighted by molar-refractivity contribution is 7.10. The smallest absolute Gasteiger partial charge is 0.263 e. The summed E-state index contributed by atoms with van der Waals surface area (Å²) < 4.78 is 5.86. The molecule has 1 amide bonds. The van der Waals surface area contributed by atoms with Crippen LogP contribution in [0.15, 0.2) is 35.7 Å². The number of benzene rings is 1. The van der Waals surface area contributed by atoms with Crippen molar-refractivity contribution in [1.82, 2.24) is 4.90 Å². The number of amides is 1. The zero-order chi connectivity index (χ0) is 16.4. The second kappa shape index (κ2) is 6.75. The van der Waals surface area contributed by atoms with Gasteiger partial charge < -0.3 is 9.64 Å². The highest BCUT2D eigenvalue weighted by atomic mass is 32.1. The SMILES string of the molecule is CCC1c2ccsc2CCN1C(=O)C(C)Oc1ccc(C)cc1. The number of hydrogen-bond donors (Lipinski definition) is 0. The molecule has 0 fully saturated rings. The van der Waals surface area contributed by atoms with Crippen molar-refractivity contribution in [2.24, 2.45) is 0 Å². The lowest BCUT2D eigenvalue weighted by Crippen LogP contribution is -2.45. The number of nitrogens with zero attached hydrogens (tertiary/aromatic N) is 1. The summed E-state index contributed by atoms with van der Waals surface area (Å²) in [5.74, 6) is 0.826. The molecule has 1 aromatic carbocycles. The van der Waals surface area contributed by atoms with E-state index < -0.39 is 6.10 Å². The first-order chi connectivity index (χ1) is 11.1. The van der Waals surface area contributed by atoms with E-state index in [4.69, 9.17) is 4.74 Å². The van der Waals surface area contributed by atoms with Gasteiger partial charge in [-0.2, -0.15) is 0 Å². The maximum atomic E-state index is 12.9. The van der Waals surface area contributed by atoms with Crippen LogP contribution in [0.2, 0.25) is 0 Å². The van der Waals surface area contributed by atoms with Crippen molar-refractivity contribution in [3.05, 3.63) is 51.7 Å². The topological polar surface area (TPSA) is 29.5 Å². The Hall–Kier alpha value is -1.81. The molecule has 0 bridgehead atoms. The number of carbonyl (C=O) groups is 1. The van der Waals surface area contributed by atoms with Gasteiger partial charge in [0, 0.05) is 11.4 Å². The summed E-state index contributed by atoms with van der Waals surface area (Å²) >= 11 is 1.80. The molecular formula is C19H23NO2S. The van der Waals surface area contributed by atoms with E-state index >= 15 is 0 Å². The summed E-state index contributed by atoms with van der Waals surface area (Å²) in [5, 5.41) is 2.13. The zero-order valence-electron chi connectivity index (χ0n) is 13.9. The van der Waals surface area contributed by atoms with Gasteiger partial charge in [0.2, 0.25) is 0 Å². The van der Waals surface area contributed by atoms with Crippen molar-refractivity contribution in [1.29, 1.82) is 0 Å². The van der Waals surface area contributed by atoms with Crippen molar-refractivity contribution in [3.63, 3.8) is 0 Å². The van der Waals surface area contributed by atoms with Gasteiger partial charge >= 0.3 is 0 Å². The summed E-state index contributed by atoms with van der Waals surface area (Å²) in [5.41, 5.74) is 2.50. The molecule has 2 atom stereocenters. The molecule has 2 heterocycles. The van der Waals surface area contributed by atoms with Gasteiger partial charge in [0.25, 0.3) is 5.91 Å². The molecular weight excluding hydrogens is 306 g/mol. The number of carbonyl (C=O) groups excluding carboxylic acids is 1. The first kappa shape index (κ1) is 16.1. The second-order valence-electron chi connectivity index (χ2n) is 6.08. The fourth-order valence-corrected chi connectivity index (χ4v) is 4.13. The minimum atomic E-state index is -0.466. The molecule has 2 aromatic rings. The molecule has 0 radical (unpaired) electrons. The van der Waals surface area contributed by atoms with Crippen molar-refractivity contribution < 1.29 is 9.53 Å². The van der Waals surface area contributed by atoms with Crippen molar-refractivity contribution in [2.45, 2.75) is 45.8 Å². The lowest BCUT2D eigenvalue weighted by atomic mass is 9.97. The third-order valence-corrected chi connectivity index (χ3v) is 5.44.